The molecule has 0 radical (unpaired) electrons. The molecule has 0 fully saturated rings. The summed E-state index contributed by atoms with van der Waals surface area (Å²) in [6.45, 7) is 1.97. The number of hydrogen-bond acceptors (Lipinski definition) is 4. The lowest BCUT2D eigenvalue weighted by atomic mass is 10.0. The third-order valence-corrected chi connectivity index (χ3v) is 3.65. The monoisotopic (exact) mass is 295 g/mol. The molecule has 0 aliphatic heterocycles. The van der Waals surface area contributed by atoms with Crippen LogP contribution in [0.4, 0.5) is 0 Å². The molecule has 1 atom stereocenters. The zero-order chi connectivity index (χ0) is 15.4. The molecule has 3 aromatic rings. The topological polar surface area (TPSA) is 83.6 Å². The van der Waals surface area contributed by atoms with E-state index in [0.717, 1.165) is 16.3 Å². The van der Waals surface area contributed by atoms with Crippen LogP contribution in [0.2, 0.25) is 0 Å². The van der Waals surface area contributed by atoms with Gasteiger partial charge in [0.2, 0.25) is 5.91 Å². The number of benzene rings is 2. The van der Waals surface area contributed by atoms with Crippen molar-refractivity contribution < 1.29 is 4.79 Å². The Morgan fingerprint density at radius 1 is 1.23 bits per heavy atom. The molecule has 0 saturated carbocycles. The average Bonchev–Trinajstić information content (AvgIpc) is 3.07. The van der Waals surface area contributed by atoms with E-state index in [-0.39, 0.29) is 11.9 Å². The fourth-order valence-corrected chi connectivity index (χ4v) is 2.53. The molecule has 2 aromatic carbocycles. The number of rotatable bonds is 5. The van der Waals surface area contributed by atoms with Crippen molar-refractivity contribution in [3.05, 3.63) is 53.9 Å². The van der Waals surface area contributed by atoms with Gasteiger partial charge in [0.25, 0.3) is 0 Å². The van der Waals surface area contributed by atoms with Crippen molar-refractivity contribution in [1.82, 2.24) is 25.9 Å². The second-order valence-electron chi connectivity index (χ2n) is 5.11. The molecular formula is C16H17N5O. The fraction of sp³-hybridized carbons (Fsp3) is 0.250. The molecule has 0 bridgehead atoms. The lowest BCUT2D eigenvalue weighted by Crippen LogP contribution is -2.30. The molecule has 0 aliphatic carbocycles. The van der Waals surface area contributed by atoms with Crippen LogP contribution in [0.3, 0.4) is 0 Å². The number of carbonyl (C=O) groups is 1. The smallest absolute Gasteiger partial charge is 0.225 e. The van der Waals surface area contributed by atoms with Crippen LogP contribution >= 0.6 is 0 Å². The molecule has 22 heavy (non-hydrogen) atoms. The number of carbonyl (C=O) groups excluding carboxylic acids is 1. The third kappa shape index (κ3) is 2.95. The van der Waals surface area contributed by atoms with E-state index in [0.29, 0.717) is 18.7 Å². The molecule has 0 saturated heterocycles. The van der Waals surface area contributed by atoms with Crippen molar-refractivity contribution >= 4 is 16.7 Å². The number of H-pyrrole nitrogens is 1. The number of hydrogen-bond donors (Lipinski definition) is 2. The number of aromatic amines is 1. The molecule has 112 valence electrons. The van der Waals surface area contributed by atoms with Gasteiger partial charge in [-0.2, -0.15) is 5.21 Å². The molecule has 0 aliphatic rings. The first-order chi connectivity index (χ1) is 10.8. The second kappa shape index (κ2) is 6.34. The van der Waals surface area contributed by atoms with Gasteiger partial charge in [0, 0.05) is 0 Å². The summed E-state index contributed by atoms with van der Waals surface area (Å²) in [6.07, 6.45) is 1.04. The molecule has 1 amide bonds. The maximum atomic E-state index is 12.3. The average molecular weight is 295 g/mol. The van der Waals surface area contributed by atoms with E-state index < -0.39 is 0 Å². The van der Waals surface area contributed by atoms with Gasteiger partial charge in [0.15, 0.2) is 5.82 Å². The summed E-state index contributed by atoms with van der Waals surface area (Å²) in [7, 11) is 0. The molecule has 6 nitrogen and oxygen atoms in total. The molecule has 6 heteroatoms. The molecule has 1 aromatic heterocycles. The number of aromatic nitrogens is 4. The van der Waals surface area contributed by atoms with Crippen LogP contribution in [-0.2, 0) is 11.2 Å². The van der Waals surface area contributed by atoms with Gasteiger partial charge in [-0.1, -0.05) is 54.6 Å². The minimum atomic E-state index is -0.221. The van der Waals surface area contributed by atoms with Gasteiger partial charge < -0.3 is 5.32 Å². The normalized spacial score (nSPS) is 12.2. The minimum Gasteiger partial charge on any atom is -0.346 e. The van der Waals surface area contributed by atoms with E-state index in [4.69, 9.17) is 0 Å². The van der Waals surface area contributed by atoms with E-state index in [1.165, 1.54) is 0 Å². The van der Waals surface area contributed by atoms with Gasteiger partial charge in [-0.3, -0.25) is 4.79 Å². The standard InChI is InChI=1S/C16H17N5O/c1-2-14(16-18-20-21-19-16)17-15(22)10-12-8-5-7-11-6-3-4-9-13(11)12/h3-9,14H,2,10H2,1H3,(H,17,22)(H,18,19,20,21). The first-order valence-corrected chi connectivity index (χ1v) is 7.27. The zero-order valence-corrected chi connectivity index (χ0v) is 12.3. The fourth-order valence-electron chi connectivity index (χ4n) is 2.53. The second-order valence-corrected chi connectivity index (χ2v) is 5.11. The van der Waals surface area contributed by atoms with E-state index in [2.05, 4.69) is 25.9 Å². The van der Waals surface area contributed by atoms with E-state index in [1.807, 2.05) is 49.4 Å². The Morgan fingerprint density at radius 2 is 2.05 bits per heavy atom. The van der Waals surface area contributed by atoms with E-state index in [9.17, 15) is 4.79 Å². The van der Waals surface area contributed by atoms with Crippen LogP contribution in [0.25, 0.3) is 10.8 Å². The summed E-state index contributed by atoms with van der Waals surface area (Å²) in [6, 6.07) is 13.8. The number of amides is 1. The van der Waals surface area contributed by atoms with E-state index in [1.54, 1.807) is 0 Å². The summed E-state index contributed by atoms with van der Waals surface area (Å²) in [4.78, 5) is 12.3. The highest BCUT2D eigenvalue weighted by Crippen LogP contribution is 2.19. The van der Waals surface area contributed by atoms with Crippen LogP contribution in [-0.4, -0.2) is 26.5 Å². The Bertz CT molecular complexity index is 764. The third-order valence-electron chi connectivity index (χ3n) is 3.65. The maximum absolute atomic E-state index is 12.3. The van der Waals surface area contributed by atoms with Gasteiger partial charge in [-0.05, 0) is 22.8 Å². The van der Waals surface area contributed by atoms with Crippen molar-refractivity contribution in [1.29, 1.82) is 0 Å². The van der Waals surface area contributed by atoms with Gasteiger partial charge in [0.05, 0.1) is 12.5 Å². The van der Waals surface area contributed by atoms with Crippen molar-refractivity contribution in [2.24, 2.45) is 0 Å². The highest BCUT2D eigenvalue weighted by Gasteiger charge is 2.17. The van der Waals surface area contributed by atoms with Crippen LogP contribution < -0.4 is 5.32 Å². The summed E-state index contributed by atoms with van der Waals surface area (Å²) in [5, 5.41) is 19.0. The van der Waals surface area contributed by atoms with Crippen molar-refractivity contribution in [3.63, 3.8) is 0 Å². The Balaban J connectivity index is 1.76. The Kier molecular flexibility index (Phi) is 4.09. The molecule has 3 rings (SSSR count). The molecule has 1 unspecified atom stereocenters. The Morgan fingerprint density at radius 3 is 2.82 bits per heavy atom. The van der Waals surface area contributed by atoms with Gasteiger partial charge in [-0.15, -0.1) is 10.2 Å². The number of tetrazole rings is 1. The predicted octanol–water partition coefficient (Wildman–Crippen LogP) is 2.16. The quantitative estimate of drug-likeness (QED) is 0.755. The SMILES string of the molecule is CCC(NC(=O)Cc1cccc2ccccc12)c1nn[nH]n1. The first-order valence-electron chi connectivity index (χ1n) is 7.27. The molecule has 2 N–H and O–H groups in total. The number of nitrogens with zero attached hydrogens (tertiary/aromatic N) is 3. The lowest BCUT2D eigenvalue weighted by molar-refractivity contribution is -0.121. The van der Waals surface area contributed by atoms with Crippen LogP contribution in [0, 0.1) is 0 Å². The summed E-state index contributed by atoms with van der Waals surface area (Å²) >= 11 is 0. The summed E-state index contributed by atoms with van der Waals surface area (Å²) in [5.74, 6) is 0.460. The predicted molar refractivity (Wildman–Crippen MR) is 83.0 cm³/mol. The Hall–Kier alpha value is -2.76. The molecule has 1 heterocycles. The number of fused-ring (bicyclic) bond motifs is 1. The van der Waals surface area contributed by atoms with Gasteiger partial charge in [0.1, 0.15) is 0 Å². The molecular weight excluding hydrogens is 278 g/mol. The highest BCUT2D eigenvalue weighted by molar-refractivity contribution is 5.90. The minimum absolute atomic E-state index is 0.0481. The van der Waals surface area contributed by atoms with Gasteiger partial charge >= 0.3 is 0 Å². The summed E-state index contributed by atoms with van der Waals surface area (Å²) in [5.41, 5.74) is 1.01. The van der Waals surface area contributed by atoms with Crippen molar-refractivity contribution in [2.75, 3.05) is 0 Å². The highest BCUT2D eigenvalue weighted by atomic mass is 16.1. The van der Waals surface area contributed by atoms with Crippen molar-refractivity contribution in [3.8, 4) is 0 Å². The zero-order valence-electron chi connectivity index (χ0n) is 12.3. The van der Waals surface area contributed by atoms with Crippen LogP contribution in [0.1, 0.15) is 30.8 Å². The maximum Gasteiger partial charge on any atom is 0.225 e. The summed E-state index contributed by atoms with van der Waals surface area (Å²) < 4.78 is 0. The van der Waals surface area contributed by atoms with Crippen LogP contribution in [0.5, 0.6) is 0 Å². The molecule has 0 spiro atoms. The Labute approximate surface area is 127 Å². The number of nitrogens with one attached hydrogen (secondary N) is 2. The van der Waals surface area contributed by atoms with Crippen LogP contribution in [0.15, 0.2) is 42.5 Å². The largest absolute Gasteiger partial charge is 0.346 e. The first kappa shape index (κ1) is 14.2. The lowest BCUT2D eigenvalue weighted by Gasteiger charge is -2.13. The van der Waals surface area contributed by atoms with E-state index >= 15 is 0 Å². The van der Waals surface area contributed by atoms with Gasteiger partial charge in [-0.25, -0.2) is 0 Å². The van der Waals surface area contributed by atoms with Crippen molar-refractivity contribution in [2.45, 2.75) is 25.8 Å².